The van der Waals surface area contributed by atoms with Crippen molar-refractivity contribution in [2.24, 2.45) is 0 Å². The average molecular weight is 409 g/mol. The molecule has 1 aromatic carbocycles. The van der Waals surface area contributed by atoms with E-state index < -0.39 is 0 Å². The lowest BCUT2D eigenvalue weighted by molar-refractivity contribution is 0.211. The molecule has 30 heavy (non-hydrogen) atoms. The molecule has 0 unspecified atom stereocenters. The minimum absolute atomic E-state index is 0.129. The molecule has 1 fully saturated rings. The molecule has 0 aliphatic carbocycles. The number of rotatable bonds is 4. The van der Waals surface area contributed by atoms with Crippen LogP contribution in [0.4, 0.5) is 4.39 Å². The molecule has 2 aliphatic heterocycles. The average Bonchev–Trinajstić information content (AvgIpc) is 3.17. The lowest BCUT2D eigenvalue weighted by atomic mass is 9.91. The second kappa shape index (κ2) is 7.95. The van der Waals surface area contributed by atoms with Crippen LogP contribution in [0, 0.1) is 19.2 Å². The number of likely N-dealkylation sites (tertiary alicyclic amines) is 1. The van der Waals surface area contributed by atoms with Crippen LogP contribution in [0.15, 0.2) is 27.5 Å². The third-order valence-corrected chi connectivity index (χ3v) is 6.53. The topological polar surface area (TPSA) is 64.2 Å². The highest BCUT2D eigenvalue weighted by Gasteiger charge is 2.25. The van der Waals surface area contributed by atoms with E-state index in [9.17, 15) is 9.18 Å². The molecule has 0 atom stereocenters. The van der Waals surface area contributed by atoms with Crippen molar-refractivity contribution in [3.63, 3.8) is 0 Å². The summed E-state index contributed by atoms with van der Waals surface area (Å²) in [5.74, 6) is 0.843. The van der Waals surface area contributed by atoms with Gasteiger partial charge >= 0.3 is 0 Å². The summed E-state index contributed by atoms with van der Waals surface area (Å²) >= 11 is 0. The van der Waals surface area contributed by atoms with Crippen LogP contribution >= 0.6 is 0 Å². The summed E-state index contributed by atoms with van der Waals surface area (Å²) < 4.78 is 20.6. The summed E-state index contributed by atoms with van der Waals surface area (Å²) in [6.45, 7) is 5.48. The fraction of sp³-hybridized carbons (Fsp3) is 0.478. The summed E-state index contributed by atoms with van der Waals surface area (Å²) in [5, 5.41) is 5.14. The number of benzene rings is 1. The van der Waals surface area contributed by atoms with Crippen molar-refractivity contribution < 1.29 is 8.91 Å². The zero-order valence-corrected chi connectivity index (χ0v) is 17.2. The maximum atomic E-state index is 13.4. The summed E-state index contributed by atoms with van der Waals surface area (Å²) in [4.78, 5) is 20.0. The zero-order chi connectivity index (χ0) is 20.7. The molecule has 0 spiro atoms. The smallest absolute Gasteiger partial charge is 0.256 e. The first-order chi connectivity index (χ1) is 14.6. The van der Waals surface area contributed by atoms with Gasteiger partial charge in [-0.2, -0.15) is 0 Å². The fourth-order valence-corrected chi connectivity index (χ4v) is 4.79. The summed E-state index contributed by atoms with van der Waals surface area (Å²) in [6, 6.07) is 4.62. The van der Waals surface area contributed by atoms with Gasteiger partial charge < -0.3 is 9.42 Å². The lowest BCUT2D eigenvalue weighted by Crippen LogP contribution is -2.37. The molecular formula is C23H26FN4O2. The Morgan fingerprint density at radius 2 is 2.07 bits per heavy atom. The van der Waals surface area contributed by atoms with E-state index in [4.69, 9.17) is 4.52 Å². The van der Waals surface area contributed by atoms with Crippen molar-refractivity contribution in [3.05, 3.63) is 63.6 Å². The van der Waals surface area contributed by atoms with Gasteiger partial charge in [0.25, 0.3) is 5.56 Å². The Morgan fingerprint density at radius 1 is 1.23 bits per heavy atom. The van der Waals surface area contributed by atoms with E-state index >= 15 is 0 Å². The standard InChI is InChI=1S/C23H26FN4O2/c1-15-18(23(29)28-10-3-2-4-21(28)25-15)9-13-27-11-7-16(8-12-27)22-19-6-5-17(24)14-20(19)30-26-22/h4-6,14,16H,2-3,7-13H2,1H3. The number of fused-ring (bicyclic) bond motifs is 2. The SMILES string of the molecule is Cc1nc2n(c(=O)c1CCN1CCC(c3noc4cc(F)ccc34)CC1)CCC[CH]2. The van der Waals surface area contributed by atoms with Crippen LogP contribution < -0.4 is 5.56 Å². The van der Waals surface area contributed by atoms with E-state index in [0.29, 0.717) is 11.5 Å². The van der Waals surface area contributed by atoms with Gasteiger partial charge in [-0.15, -0.1) is 0 Å². The highest BCUT2D eigenvalue weighted by Crippen LogP contribution is 2.32. The molecule has 2 aromatic heterocycles. The predicted molar refractivity (Wildman–Crippen MR) is 112 cm³/mol. The molecule has 6 nitrogen and oxygen atoms in total. The van der Waals surface area contributed by atoms with Crippen molar-refractivity contribution in [1.82, 2.24) is 19.6 Å². The van der Waals surface area contributed by atoms with Crippen LogP contribution in [0.25, 0.3) is 11.0 Å². The molecule has 157 valence electrons. The van der Waals surface area contributed by atoms with Crippen LogP contribution in [0.3, 0.4) is 0 Å². The molecule has 3 aromatic rings. The molecule has 2 aliphatic rings. The van der Waals surface area contributed by atoms with E-state index in [2.05, 4.69) is 21.5 Å². The first-order valence-corrected chi connectivity index (χ1v) is 10.8. The van der Waals surface area contributed by atoms with Crippen LogP contribution in [0.5, 0.6) is 0 Å². The lowest BCUT2D eigenvalue weighted by Gasteiger charge is -2.31. The molecule has 0 N–H and O–H groups in total. The first kappa shape index (κ1) is 19.4. The van der Waals surface area contributed by atoms with Gasteiger partial charge in [0.15, 0.2) is 5.58 Å². The molecular weight excluding hydrogens is 383 g/mol. The van der Waals surface area contributed by atoms with Gasteiger partial charge in [0.05, 0.1) is 5.69 Å². The van der Waals surface area contributed by atoms with Gasteiger partial charge in [0.2, 0.25) is 0 Å². The molecule has 0 amide bonds. The first-order valence-electron chi connectivity index (χ1n) is 10.8. The Morgan fingerprint density at radius 3 is 2.90 bits per heavy atom. The number of hydrogen-bond donors (Lipinski definition) is 0. The maximum Gasteiger partial charge on any atom is 0.256 e. The van der Waals surface area contributed by atoms with Crippen LogP contribution in [-0.2, 0) is 13.0 Å². The number of hydrogen-bond acceptors (Lipinski definition) is 5. The van der Waals surface area contributed by atoms with E-state index in [1.165, 1.54) is 12.1 Å². The predicted octanol–water partition coefficient (Wildman–Crippen LogP) is 3.60. The minimum atomic E-state index is -0.305. The molecule has 1 saturated heterocycles. The Hall–Kier alpha value is -2.54. The quantitative estimate of drug-likeness (QED) is 0.659. The minimum Gasteiger partial charge on any atom is -0.356 e. The highest BCUT2D eigenvalue weighted by molar-refractivity contribution is 5.79. The molecule has 0 saturated carbocycles. The number of aryl methyl sites for hydroxylation is 1. The maximum absolute atomic E-state index is 13.4. The number of aromatic nitrogens is 3. The van der Waals surface area contributed by atoms with Crippen molar-refractivity contribution in [3.8, 4) is 0 Å². The van der Waals surface area contributed by atoms with Gasteiger partial charge in [-0.25, -0.2) is 9.37 Å². The van der Waals surface area contributed by atoms with Crippen LogP contribution in [0.1, 0.15) is 54.4 Å². The normalized spacial score (nSPS) is 18.1. The molecule has 1 radical (unpaired) electrons. The van der Waals surface area contributed by atoms with E-state index in [1.54, 1.807) is 6.07 Å². The van der Waals surface area contributed by atoms with Crippen molar-refractivity contribution >= 4 is 11.0 Å². The Kier molecular flexibility index (Phi) is 5.15. The van der Waals surface area contributed by atoms with Crippen LogP contribution in [-0.4, -0.2) is 39.2 Å². The molecule has 0 bridgehead atoms. The van der Waals surface area contributed by atoms with Gasteiger partial charge in [-0.1, -0.05) is 5.16 Å². The summed E-state index contributed by atoms with van der Waals surface area (Å²) in [7, 11) is 0. The van der Waals surface area contributed by atoms with E-state index in [-0.39, 0.29) is 11.4 Å². The summed E-state index contributed by atoms with van der Waals surface area (Å²) in [5.41, 5.74) is 3.29. The van der Waals surface area contributed by atoms with Gasteiger partial charge in [0, 0.05) is 48.1 Å². The van der Waals surface area contributed by atoms with Gasteiger partial charge in [-0.3, -0.25) is 9.36 Å². The van der Waals surface area contributed by atoms with Crippen molar-refractivity contribution in [2.45, 2.75) is 51.5 Å². The van der Waals surface area contributed by atoms with Gasteiger partial charge in [0.1, 0.15) is 11.6 Å². The highest BCUT2D eigenvalue weighted by atomic mass is 19.1. The molecule has 7 heteroatoms. The molecule has 5 rings (SSSR count). The van der Waals surface area contributed by atoms with Crippen molar-refractivity contribution in [1.29, 1.82) is 0 Å². The largest absolute Gasteiger partial charge is 0.356 e. The van der Waals surface area contributed by atoms with Crippen LogP contribution in [0.2, 0.25) is 0 Å². The Balaban J connectivity index is 1.23. The van der Waals surface area contributed by atoms with Gasteiger partial charge in [-0.05, 0) is 64.3 Å². The number of halogens is 1. The third-order valence-electron chi connectivity index (χ3n) is 6.53. The Labute approximate surface area is 174 Å². The second-order valence-corrected chi connectivity index (χ2v) is 8.41. The zero-order valence-electron chi connectivity index (χ0n) is 17.2. The number of piperidine rings is 1. The molecule has 4 heterocycles. The Bertz CT molecular complexity index is 1130. The monoisotopic (exact) mass is 409 g/mol. The fourth-order valence-electron chi connectivity index (χ4n) is 4.79. The van der Waals surface area contributed by atoms with E-state index in [0.717, 1.165) is 86.4 Å². The second-order valence-electron chi connectivity index (χ2n) is 8.41. The summed E-state index contributed by atoms with van der Waals surface area (Å²) in [6.07, 6.45) is 6.76. The van der Waals surface area contributed by atoms with E-state index in [1.807, 2.05) is 11.5 Å². The van der Waals surface area contributed by atoms with Crippen molar-refractivity contribution in [2.75, 3.05) is 19.6 Å². The third kappa shape index (κ3) is 3.55. The number of nitrogens with zero attached hydrogens (tertiary/aromatic N) is 4.